The van der Waals surface area contributed by atoms with Gasteiger partial charge in [0, 0.05) is 42.0 Å². The average Bonchev–Trinajstić information content (AvgIpc) is 2.87. The summed E-state index contributed by atoms with van der Waals surface area (Å²) in [6.45, 7) is 2.68. The molecule has 0 fully saturated rings. The summed E-state index contributed by atoms with van der Waals surface area (Å²) in [5, 5.41) is 14.1. The third-order valence-electron chi connectivity index (χ3n) is 3.01. The summed E-state index contributed by atoms with van der Waals surface area (Å²) < 4.78 is 10.4. The predicted molar refractivity (Wildman–Crippen MR) is 176 cm³/mol. The van der Waals surface area contributed by atoms with E-state index in [-0.39, 0.29) is 17.9 Å². The zero-order chi connectivity index (χ0) is 26.4. The quantitative estimate of drug-likeness (QED) is 0.0310. The van der Waals surface area contributed by atoms with Crippen LogP contribution >= 0.6 is 118 Å². The summed E-state index contributed by atoms with van der Waals surface area (Å²) in [5.41, 5.74) is 0. The number of hydrogen-bond acceptors (Lipinski definition) is 17. The molecule has 7 nitrogen and oxygen atoms in total. The van der Waals surface area contributed by atoms with E-state index in [9.17, 15) is 9.59 Å². The number of aliphatic hydroxyl groups is 1. The van der Waals surface area contributed by atoms with Gasteiger partial charge in [0.2, 0.25) is 0 Å². The Morgan fingerprint density at radius 1 is 0.583 bits per heavy atom. The van der Waals surface area contributed by atoms with E-state index in [0.717, 1.165) is 48.4 Å². The second-order valence-electron chi connectivity index (χ2n) is 5.90. The average molecular weight is 697 g/mol. The normalized spacial score (nSPS) is 11.1. The van der Waals surface area contributed by atoms with Crippen molar-refractivity contribution in [3.8, 4) is 0 Å². The van der Waals surface area contributed by atoms with Gasteiger partial charge in [0.25, 0.3) is 0 Å². The van der Waals surface area contributed by atoms with Gasteiger partial charge < -0.3 is 14.6 Å². The molecule has 0 amide bonds. The van der Waals surface area contributed by atoms with Crippen molar-refractivity contribution >= 4 is 130 Å². The van der Waals surface area contributed by atoms with Gasteiger partial charge in [0.1, 0.15) is 17.8 Å². The number of hydrogen-bond donors (Lipinski definition) is 1. The van der Waals surface area contributed by atoms with Crippen molar-refractivity contribution in [3.05, 3.63) is 0 Å². The third-order valence-corrected chi connectivity index (χ3v) is 14.2. The largest absolute Gasteiger partial charge is 0.454 e. The first-order valence-corrected chi connectivity index (χ1v) is 22.2. The first kappa shape index (κ1) is 38.3. The Bertz CT molecular complexity index is 497. The van der Waals surface area contributed by atoms with Crippen LogP contribution in [-0.2, 0) is 28.8 Å². The number of carbonyl (C=O) groups excluding carboxylic acids is 2. The molecule has 0 heterocycles. The molecular weight excluding hydrogens is 661 g/mol. The van der Waals surface area contributed by atoms with Crippen LogP contribution in [0.3, 0.4) is 0 Å². The van der Waals surface area contributed by atoms with Crippen molar-refractivity contribution in [1.82, 2.24) is 0 Å². The first-order chi connectivity index (χ1) is 17.7. The second kappa shape index (κ2) is 33.5. The van der Waals surface area contributed by atoms with Gasteiger partial charge in [-0.1, -0.05) is 6.92 Å². The number of aliphatic hydroxyl groups excluding tert-OH is 1. The van der Waals surface area contributed by atoms with Crippen molar-refractivity contribution in [3.63, 3.8) is 0 Å². The molecule has 1 N–H and O–H groups in total. The van der Waals surface area contributed by atoms with E-state index >= 15 is 0 Å². The molecule has 0 unspecified atom stereocenters. The standard InChI is InChI=1S/C19H36O7S10/c1-2-3-25-26-11-32-15-36-17-35-14-31-10-24-19(22)7-30-13-34-16-33-12-29-6-18(21)23-9-28-5-4-27-8-20/h20H,2-17H2,1H3. The molecule has 0 aliphatic heterocycles. The lowest BCUT2D eigenvalue weighted by molar-refractivity contribution is -0.278. The lowest BCUT2D eigenvalue weighted by Gasteiger charge is -2.06. The molecule has 0 aliphatic carbocycles. The molecule has 0 atom stereocenters. The molecule has 36 heavy (non-hydrogen) atoms. The van der Waals surface area contributed by atoms with Crippen LogP contribution in [0, 0.1) is 0 Å². The molecule has 0 aliphatic rings. The fourth-order valence-electron chi connectivity index (χ4n) is 1.56. The van der Waals surface area contributed by atoms with Gasteiger partial charge in [0.05, 0.1) is 24.1 Å². The topological polar surface area (TPSA) is 91.3 Å². The minimum atomic E-state index is -0.186. The maximum atomic E-state index is 11.8. The van der Waals surface area contributed by atoms with Crippen molar-refractivity contribution in [2.75, 3.05) is 83.9 Å². The van der Waals surface area contributed by atoms with Gasteiger partial charge in [-0.3, -0.25) is 9.59 Å². The van der Waals surface area contributed by atoms with Gasteiger partial charge in [0.15, 0.2) is 0 Å². The fraction of sp³-hybridized carbons (Fsp3) is 0.895. The van der Waals surface area contributed by atoms with E-state index in [1.807, 2.05) is 30.4 Å². The van der Waals surface area contributed by atoms with Gasteiger partial charge >= 0.3 is 11.9 Å². The molecule has 0 radical (unpaired) electrons. The number of ether oxygens (including phenoxy) is 2. The van der Waals surface area contributed by atoms with Crippen LogP contribution in [0.1, 0.15) is 13.3 Å². The summed E-state index contributed by atoms with van der Waals surface area (Å²) in [7, 11) is 0. The molecule has 214 valence electrons. The highest BCUT2D eigenvalue weighted by Gasteiger charge is 2.05. The zero-order valence-electron chi connectivity index (χ0n) is 20.3. The Morgan fingerprint density at radius 2 is 1.06 bits per heavy atom. The van der Waals surface area contributed by atoms with E-state index in [4.69, 9.17) is 24.4 Å². The molecule has 0 saturated heterocycles. The fourth-order valence-corrected chi connectivity index (χ4v) is 11.4. The van der Waals surface area contributed by atoms with E-state index in [1.54, 1.807) is 82.3 Å². The smallest absolute Gasteiger partial charge is 0.316 e. The van der Waals surface area contributed by atoms with Crippen LogP contribution in [0.15, 0.2) is 0 Å². The van der Waals surface area contributed by atoms with Gasteiger partial charge in [-0.25, -0.2) is 9.78 Å². The third kappa shape index (κ3) is 32.5. The van der Waals surface area contributed by atoms with Crippen LogP contribution < -0.4 is 0 Å². The summed E-state index contributed by atoms with van der Waals surface area (Å²) in [6, 6.07) is 0. The van der Waals surface area contributed by atoms with Crippen LogP contribution in [0.4, 0.5) is 0 Å². The van der Waals surface area contributed by atoms with E-state index in [1.165, 1.54) is 11.8 Å². The molecule has 0 aromatic carbocycles. The Hall–Kier alpha value is 2.32. The van der Waals surface area contributed by atoms with Crippen molar-refractivity contribution in [2.24, 2.45) is 0 Å². The molecule has 0 rings (SSSR count). The number of rotatable bonds is 29. The molecular formula is C19H36O7S10. The summed E-state index contributed by atoms with van der Waals surface area (Å²) in [6.07, 6.45) is 0.956. The summed E-state index contributed by atoms with van der Waals surface area (Å²) >= 11 is 16.6. The lowest BCUT2D eigenvalue weighted by Crippen LogP contribution is -2.07. The monoisotopic (exact) mass is 696 g/mol. The van der Waals surface area contributed by atoms with Gasteiger partial charge in [-0.05, 0) is 6.42 Å². The zero-order valence-corrected chi connectivity index (χ0v) is 28.5. The minimum Gasteiger partial charge on any atom is -0.454 e. The lowest BCUT2D eigenvalue weighted by atomic mass is 10.5. The van der Waals surface area contributed by atoms with Crippen LogP contribution in [0.2, 0.25) is 0 Å². The summed E-state index contributed by atoms with van der Waals surface area (Å²) in [5.74, 6) is 3.56. The molecule has 0 aromatic rings. The maximum Gasteiger partial charge on any atom is 0.316 e. The number of thioether (sulfide) groups is 10. The Balaban J connectivity index is 3.23. The molecule has 17 heteroatoms. The second-order valence-corrected chi connectivity index (χ2v) is 18.0. The van der Waals surface area contributed by atoms with Crippen LogP contribution in [-0.4, -0.2) is 101 Å². The van der Waals surface area contributed by atoms with Gasteiger partial charge in [-0.15, -0.1) is 118 Å². The molecule has 0 saturated carbocycles. The van der Waals surface area contributed by atoms with Crippen LogP contribution in [0.25, 0.3) is 0 Å². The highest BCUT2D eigenvalue weighted by atomic mass is 32.3. The minimum absolute atomic E-state index is 0.130. The van der Waals surface area contributed by atoms with Gasteiger partial charge in [-0.2, -0.15) is 0 Å². The SMILES string of the molecule is CCCOOCSCSCSCSCOC(=O)CSCSCSCSCC(=O)OCSCCSCO. The highest BCUT2D eigenvalue weighted by Crippen LogP contribution is 2.23. The molecule has 0 bridgehead atoms. The Kier molecular flexibility index (Phi) is 35.7. The molecule has 0 spiro atoms. The number of carbonyl (C=O) groups is 2. The predicted octanol–water partition coefficient (Wildman–Crippen LogP) is 6.33. The Morgan fingerprint density at radius 3 is 1.61 bits per heavy atom. The molecule has 0 aromatic heterocycles. The van der Waals surface area contributed by atoms with E-state index in [2.05, 4.69) is 0 Å². The first-order valence-electron chi connectivity index (χ1n) is 10.6. The number of esters is 2. The summed E-state index contributed by atoms with van der Waals surface area (Å²) in [4.78, 5) is 33.3. The van der Waals surface area contributed by atoms with E-state index < -0.39 is 0 Å². The van der Waals surface area contributed by atoms with E-state index in [0.29, 0.717) is 35.9 Å². The highest BCUT2D eigenvalue weighted by molar-refractivity contribution is 8.26. The van der Waals surface area contributed by atoms with Crippen molar-refractivity contribution in [1.29, 1.82) is 0 Å². The maximum absolute atomic E-state index is 11.8. The Labute approximate surface area is 258 Å². The van der Waals surface area contributed by atoms with Crippen molar-refractivity contribution < 1.29 is 33.9 Å². The van der Waals surface area contributed by atoms with Crippen molar-refractivity contribution in [2.45, 2.75) is 13.3 Å². The van der Waals surface area contributed by atoms with Crippen LogP contribution in [0.5, 0.6) is 0 Å².